The summed E-state index contributed by atoms with van der Waals surface area (Å²) >= 11 is 7.16. The van der Waals surface area contributed by atoms with Crippen LogP contribution in [-0.4, -0.2) is 10.7 Å². The molecule has 0 saturated heterocycles. The van der Waals surface area contributed by atoms with Crippen LogP contribution in [0.15, 0.2) is 58.3 Å². The molecule has 0 fully saturated rings. The second-order valence-electron chi connectivity index (χ2n) is 4.80. The van der Waals surface area contributed by atoms with Crippen molar-refractivity contribution in [3.8, 4) is 11.3 Å². The van der Waals surface area contributed by atoms with E-state index in [-0.39, 0.29) is 16.5 Å². The van der Waals surface area contributed by atoms with E-state index < -0.39 is 4.92 Å². The second kappa shape index (κ2) is 6.82. The summed E-state index contributed by atoms with van der Waals surface area (Å²) in [6.07, 6.45) is 2.99. The van der Waals surface area contributed by atoms with Crippen molar-refractivity contribution in [2.45, 2.75) is 0 Å². The lowest BCUT2D eigenvalue weighted by atomic mass is 10.1. The molecule has 0 spiro atoms. The maximum atomic E-state index is 11.9. The van der Waals surface area contributed by atoms with E-state index in [0.29, 0.717) is 22.0 Å². The summed E-state index contributed by atoms with van der Waals surface area (Å²) in [5.74, 6) is 0.829. The quantitative estimate of drug-likeness (QED) is 0.262. The summed E-state index contributed by atoms with van der Waals surface area (Å²) in [4.78, 5) is 22.9. The number of benzene rings is 1. The third kappa shape index (κ3) is 3.45. The van der Waals surface area contributed by atoms with Gasteiger partial charge in [0.1, 0.15) is 16.5 Å². The molecule has 0 aliphatic heterocycles. The molecule has 0 bridgehead atoms. The first-order valence-corrected chi connectivity index (χ1v) is 8.10. The van der Waals surface area contributed by atoms with Crippen LogP contribution in [0.4, 0.5) is 5.69 Å². The highest BCUT2D eigenvalue weighted by Crippen LogP contribution is 2.31. The summed E-state index contributed by atoms with van der Waals surface area (Å²) in [5.41, 5.74) is 0.353. The minimum absolute atomic E-state index is 0.0666. The molecule has 24 heavy (non-hydrogen) atoms. The largest absolute Gasteiger partial charge is 0.457 e. The number of halogens is 1. The number of rotatable bonds is 5. The Hall–Kier alpha value is -2.70. The maximum absolute atomic E-state index is 11.9. The smallest absolute Gasteiger partial charge is 0.288 e. The Kier molecular flexibility index (Phi) is 4.59. The molecule has 0 saturated carbocycles. The van der Waals surface area contributed by atoms with E-state index in [1.165, 1.54) is 29.5 Å². The average Bonchev–Trinajstić information content (AvgIpc) is 3.24. The number of hydrogen-bond acceptors (Lipinski definition) is 5. The first kappa shape index (κ1) is 16.2. The zero-order valence-electron chi connectivity index (χ0n) is 12.1. The van der Waals surface area contributed by atoms with Crippen LogP contribution in [0.3, 0.4) is 0 Å². The number of nitro benzene ring substituents is 1. The molecular weight excluding hydrogens is 350 g/mol. The van der Waals surface area contributed by atoms with Crippen molar-refractivity contribution in [1.82, 2.24) is 0 Å². The van der Waals surface area contributed by atoms with Gasteiger partial charge in [-0.2, -0.15) is 0 Å². The maximum Gasteiger partial charge on any atom is 0.288 e. The van der Waals surface area contributed by atoms with Crippen molar-refractivity contribution in [1.29, 1.82) is 0 Å². The minimum atomic E-state index is -0.546. The van der Waals surface area contributed by atoms with E-state index in [0.717, 1.165) is 0 Å². The molecular formula is C17H10ClNO4S. The number of carbonyl (C=O) groups is 1. The lowest BCUT2D eigenvalue weighted by Crippen LogP contribution is -1.89. The number of thiophene rings is 1. The van der Waals surface area contributed by atoms with Gasteiger partial charge in [-0.25, -0.2) is 0 Å². The molecule has 3 aromatic rings. The van der Waals surface area contributed by atoms with Crippen molar-refractivity contribution in [2.24, 2.45) is 0 Å². The molecule has 0 unspecified atom stereocenters. The highest BCUT2D eigenvalue weighted by molar-refractivity contribution is 7.12. The van der Waals surface area contributed by atoms with E-state index in [4.69, 9.17) is 16.0 Å². The van der Waals surface area contributed by atoms with Gasteiger partial charge in [0.2, 0.25) is 0 Å². The van der Waals surface area contributed by atoms with Crippen molar-refractivity contribution >= 4 is 40.5 Å². The molecule has 1 aromatic carbocycles. The molecule has 0 atom stereocenters. The summed E-state index contributed by atoms with van der Waals surface area (Å²) in [5, 5.41) is 12.8. The van der Waals surface area contributed by atoms with Gasteiger partial charge in [0.05, 0.1) is 9.80 Å². The van der Waals surface area contributed by atoms with Gasteiger partial charge in [0, 0.05) is 11.6 Å². The van der Waals surface area contributed by atoms with Gasteiger partial charge in [-0.05, 0) is 47.9 Å². The number of carbonyl (C=O) groups excluding carboxylic acids is 1. The summed E-state index contributed by atoms with van der Waals surface area (Å²) in [6.45, 7) is 0. The second-order valence-corrected chi connectivity index (χ2v) is 6.16. The predicted octanol–water partition coefficient (Wildman–Crippen LogP) is 5.47. The van der Waals surface area contributed by atoms with Crippen LogP contribution in [0, 0.1) is 10.1 Å². The Morgan fingerprint density at radius 1 is 1.25 bits per heavy atom. The Balaban J connectivity index is 1.82. The number of ketones is 1. The standard InChI is InChI=1S/C17H10ClNO4S/c18-13-6-3-11(10-14(13)19(21)22)16-8-5-12(23-16)4-7-15(20)17-2-1-9-24-17/h1-10H/b7-4+. The Morgan fingerprint density at radius 3 is 2.79 bits per heavy atom. The van der Waals surface area contributed by atoms with Crippen molar-refractivity contribution in [3.63, 3.8) is 0 Å². The average molecular weight is 360 g/mol. The number of nitrogens with zero attached hydrogens (tertiary/aromatic N) is 1. The molecule has 120 valence electrons. The van der Waals surface area contributed by atoms with Crippen molar-refractivity contribution < 1.29 is 14.1 Å². The molecule has 0 aliphatic carbocycles. The third-order valence-electron chi connectivity index (χ3n) is 3.22. The third-order valence-corrected chi connectivity index (χ3v) is 4.42. The number of allylic oxidation sites excluding steroid dienone is 1. The highest BCUT2D eigenvalue weighted by Gasteiger charge is 2.15. The molecule has 0 amide bonds. The van der Waals surface area contributed by atoms with Crippen LogP contribution >= 0.6 is 22.9 Å². The minimum Gasteiger partial charge on any atom is -0.457 e. The SMILES string of the molecule is O=C(/C=C/c1ccc(-c2ccc(Cl)c([N+](=O)[O-])c2)o1)c1cccs1. The van der Waals surface area contributed by atoms with Gasteiger partial charge in [-0.3, -0.25) is 14.9 Å². The van der Waals surface area contributed by atoms with Crippen LogP contribution in [0.5, 0.6) is 0 Å². The summed E-state index contributed by atoms with van der Waals surface area (Å²) < 4.78 is 5.61. The Morgan fingerprint density at radius 2 is 2.08 bits per heavy atom. The van der Waals surface area contributed by atoms with Gasteiger partial charge >= 0.3 is 0 Å². The Bertz CT molecular complexity index is 928. The van der Waals surface area contributed by atoms with Crippen LogP contribution in [0.1, 0.15) is 15.4 Å². The molecule has 5 nitrogen and oxygen atoms in total. The van der Waals surface area contributed by atoms with Crippen LogP contribution < -0.4 is 0 Å². The lowest BCUT2D eigenvalue weighted by molar-refractivity contribution is -0.384. The first-order chi connectivity index (χ1) is 11.5. The fourth-order valence-corrected chi connectivity index (χ4v) is 2.89. The van der Waals surface area contributed by atoms with E-state index >= 15 is 0 Å². The van der Waals surface area contributed by atoms with Crippen molar-refractivity contribution in [3.05, 3.63) is 79.7 Å². The van der Waals surface area contributed by atoms with Gasteiger partial charge < -0.3 is 4.42 Å². The monoisotopic (exact) mass is 359 g/mol. The highest BCUT2D eigenvalue weighted by atomic mass is 35.5. The summed E-state index contributed by atoms with van der Waals surface area (Å²) in [6, 6.07) is 11.4. The molecule has 7 heteroatoms. The molecule has 0 aliphatic rings. The van der Waals surface area contributed by atoms with E-state index in [1.807, 2.05) is 11.4 Å². The normalized spacial score (nSPS) is 11.0. The topological polar surface area (TPSA) is 73.3 Å². The van der Waals surface area contributed by atoms with Gasteiger partial charge in [0.25, 0.3) is 5.69 Å². The fourth-order valence-electron chi connectivity index (χ4n) is 2.06. The van der Waals surface area contributed by atoms with Gasteiger partial charge in [-0.1, -0.05) is 17.7 Å². The van der Waals surface area contributed by atoms with Gasteiger partial charge in [0.15, 0.2) is 5.78 Å². The zero-order chi connectivity index (χ0) is 17.1. The zero-order valence-corrected chi connectivity index (χ0v) is 13.7. The first-order valence-electron chi connectivity index (χ1n) is 6.84. The van der Waals surface area contributed by atoms with Crippen LogP contribution in [0.25, 0.3) is 17.4 Å². The molecule has 2 heterocycles. The molecule has 0 N–H and O–H groups in total. The molecule has 3 rings (SSSR count). The number of nitro groups is 1. The summed E-state index contributed by atoms with van der Waals surface area (Å²) in [7, 11) is 0. The lowest BCUT2D eigenvalue weighted by Gasteiger charge is -1.99. The van der Waals surface area contributed by atoms with E-state index in [9.17, 15) is 14.9 Å². The van der Waals surface area contributed by atoms with Crippen LogP contribution in [0.2, 0.25) is 5.02 Å². The van der Waals surface area contributed by atoms with Gasteiger partial charge in [-0.15, -0.1) is 11.3 Å². The predicted molar refractivity (Wildman–Crippen MR) is 93.5 cm³/mol. The number of furan rings is 1. The van der Waals surface area contributed by atoms with Crippen LogP contribution in [-0.2, 0) is 0 Å². The Labute approximate surface area is 146 Å². The molecule has 2 aromatic heterocycles. The fraction of sp³-hybridized carbons (Fsp3) is 0. The number of hydrogen-bond donors (Lipinski definition) is 0. The van der Waals surface area contributed by atoms with Crippen molar-refractivity contribution in [2.75, 3.05) is 0 Å². The van der Waals surface area contributed by atoms with E-state index in [2.05, 4.69) is 0 Å². The van der Waals surface area contributed by atoms with E-state index in [1.54, 1.807) is 30.3 Å². The molecule has 0 radical (unpaired) electrons.